The first-order valence-electron chi connectivity index (χ1n) is 7.53. The maximum Gasteiger partial charge on any atom is 0.324 e. The first-order valence-corrected chi connectivity index (χ1v) is 8.97. The minimum atomic E-state index is -3.66. The van der Waals surface area contributed by atoms with Crippen molar-refractivity contribution in [2.75, 3.05) is 4.31 Å². The Labute approximate surface area is 149 Å². The second-order valence-electron chi connectivity index (χ2n) is 5.38. The summed E-state index contributed by atoms with van der Waals surface area (Å²) in [5.41, 5.74) is 0.715. The van der Waals surface area contributed by atoms with Gasteiger partial charge in [-0.1, -0.05) is 24.8 Å². The quantitative estimate of drug-likeness (QED) is 0.663. The number of rotatable bonds is 3. The lowest BCUT2D eigenvalue weighted by molar-refractivity contribution is 0.440. The normalized spacial score (nSPS) is 14.5. The average Bonchev–Trinajstić information content (AvgIpc) is 2.94. The van der Waals surface area contributed by atoms with Crippen molar-refractivity contribution in [2.45, 2.75) is 11.4 Å². The van der Waals surface area contributed by atoms with Crippen molar-refractivity contribution >= 4 is 21.7 Å². The number of aromatic nitrogens is 3. The van der Waals surface area contributed by atoms with Gasteiger partial charge in [0.1, 0.15) is 5.82 Å². The molecule has 9 heteroatoms. The third-order valence-corrected chi connectivity index (χ3v) is 5.62. The van der Waals surface area contributed by atoms with Crippen LogP contribution in [0.2, 0.25) is 0 Å². The van der Waals surface area contributed by atoms with Crippen LogP contribution in [0.4, 0.5) is 11.6 Å². The molecular formula is C17H11N5O3S. The summed E-state index contributed by atoms with van der Waals surface area (Å²) in [5, 5.41) is 0. The maximum absolute atomic E-state index is 12.7. The summed E-state index contributed by atoms with van der Waals surface area (Å²) in [4.78, 5) is 15.6. The highest BCUT2D eigenvalue weighted by molar-refractivity contribution is 7.93. The Hall–Kier alpha value is -3.51. The Morgan fingerprint density at radius 3 is 2.69 bits per heavy atom. The van der Waals surface area contributed by atoms with Crippen molar-refractivity contribution in [1.82, 2.24) is 15.0 Å². The van der Waals surface area contributed by atoms with Crippen LogP contribution in [0.1, 0.15) is 5.56 Å². The van der Waals surface area contributed by atoms with Gasteiger partial charge in [-0.05, 0) is 23.8 Å². The van der Waals surface area contributed by atoms with E-state index in [0.29, 0.717) is 11.3 Å². The lowest BCUT2D eigenvalue weighted by atomic mass is 10.2. The molecule has 0 unspecified atom stereocenters. The minimum Gasteiger partial charge on any atom is -0.420 e. The zero-order chi connectivity index (χ0) is 18.1. The molecule has 0 saturated carbocycles. The van der Waals surface area contributed by atoms with Gasteiger partial charge in [-0.25, -0.2) is 17.7 Å². The molecule has 3 heterocycles. The van der Waals surface area contributed by atoms with Crippen molar-refractivity contribution in [3.8, 4) is 11.8 Å². The van der Waals surface area contributed by atoms with E-state index >= 15 is 0 Å². The zero-order valence-corrected chi connectivity index (χ0v) is 14.1. The fraction of sp³-hybridized carbons (Fsp3) is 0.0588. The Balaban J connectivity index is 1.63. The molecule has 3 aromatic rings. The maximum atomic E-state index is 12.7. The molecule has 0 atom stereocenters. The van der Waals surface area contributed by atoms with Crippen LogP contribution in [0.5, 0.6) is 11.8 Å². The molecular weight excluding hydrogens is 354 g/mol. The molecule has 0 radical (unpaired) electrons. The van der Waals surface area contributed by atoms with Crippen molar-refractivity contribution in [1.29, 1.82) is 0 Å². The van der Waals surface area contributed by atoms with Crippen LogP contribution in [0.15, 0.2) is 59.8 Å². The minimum absolute atomic E-state index is 0.00832. The standard InChI is InChI=1S/C17H11N5O3S/c1-18-15-7-6-13(10-20-15)25-17-19-9-8-16(21-17)22-11-12-4-2-3-5-14(12)26(22,23)24/h2-10H,11H2. The topological polar surface area (TPSA) is 89.6 Å². The van der Waals surface area contributed by atoms with Crippen LogP contribution in [-0.4, -0.2) is 23.4 Å². The number of hydrogen-bond acceptors (Lipinski definition) is 6. The van der Waals surface area contributed by atoms with Gasteiger partial charge in [0.25, 0.3) is 15.8 Å². The number of benzene rings is 1. The smallest absolute Gasteiger partial charge is 0.324 e. The van der Waals surface area contributed by atoms with Gasteiger partial charge in [-0.15, -0.1) is 4.98 Å². The number of hydrogen-bond donors (Lipinski definition) is 0. The second kappa shape index (κ2) is 6.09. The van der Waals surface area contributed by atoms with Gasteiger partial charge in [0.05, 0.1) is 11.4 Å². The molecule has 2 aromatic heterocycles. The monoisotopic (exact) mass is 365 g/mol. The van der Waals surface area contributed by atoms with Gasteiger partial charge in [0.2, 0.25) is 0 Å². The van der Waals surface area contributed by atoms with Crippen LogP contribution >= 0.6 is 0 Å². The number of sulfonamides is 1. The number of anilines is 1. The number of pyridine rings is 1. The van der Waals surface area contributed by atoms with Crippen LogP contribution in [0.3, 0.4) is 0 Å². The van der Waals surface area contributed by atoms with Crippen LogP contribution in [0.25, 0.3) is 4.85 Å². The molecule has 1 aromatic carbocycles. The van der Waals surface area contributed by atoms with E-state index in [1.807, 2.05) is 0 Å². The molecule has 0 bridgehead atoms. The van der Waals surface area contributed by atoms with E-state index < -0.39 is 10.0 Å². The first kappa shape index (κ1) is 16.0. The third kappa shape index (κ3) is 2.72. The van der Waals surface area contributed by atoms with E-state index in [9.17, 15) is 8.42 Å². The van der Waals surface area contributed by atoms with Gasteiger partial charge in [0.15, 0.2) is 11.9 Å². The summed E-state index contributed by atoms with van der Waals surface area (Å²) in [6, 6.07) is 11.4. The van der Waals surface area contributed by atoms with Gasteiger partial charge >= 0.3 is 6.01 Å². The number of fused-ring (bicyclic) bond motifs is 1. The highest BCUT2D eigenvalue weighted by atomic mass is 32.2. The van der Waals surface area contributed by atoms with E-state index in [2.05, 4.69) is 19.8 Å². The molecule has 0 spiro atoms. The largest absolute Gasteiger partial charge is 0.420 e. The molecule has 0 fully saturated rings. The van der Waals surface area contributed by atoms with Crippen LogP contribution in [0, 0.1) is 6.57 Å². The lowest BCUT2D eigenvalue weighted by Gasteiger charge is -2.16. The average molecular weight is 365 g/mol. The summed E-state index contributed by atoms with van der Waals surface area (Å²) in [7, 11) is -3.66. The molecule has 0 N–H and O–H groups in total. The Morgan fingerprint density at radius 2 is 1.96 bits per heavy atom. The van der Waals surface area contributed by atoms with Crippen LogP contribution in [-0.2, 0) is 16.6 Å². The fourth-order valence-electron chi connectivity index (χ4n) is 2.57. The number of ether oxygens (including phenoxy) is 1. The molecule has 0 saturated heterocycles. The van der Waals surface area contributed by atoms with Gasteiger partial charge in [0, 0.05) is 12.3 Å². The molecule has 1 aliphatic heterocycles. The predicted molar refractivity (Wildman–Crippen MR) is 92.4 cm³/mol. The van der Waals surface area contributed by atoms with Gasteiger partial charge in [-0.2, -0.15) is 4.98 Å². The summed E-state index contributed by atoms with van der Waals surface area (Å²) in [5.74, 6) is 0.812. The molecule has 26 heavy (non-hydrogen) atoms. The van der Waals surface area contributed by atoms with Crippen molar-refractivity contribution in [3.63, 3.8) is 0 Å². The van der Waals surface area contributed by atoms with Crippen molar-refractivity contribution in [3.05, 3.63) is 71.8 Å². The SMILES string of the molecule is [C-]#[N+]c1ccc(Oc2nccc(N3Cc4ccccc4S3(=O)=O)n2)cn1. The lowest BCUT2D eigenvalue weighted by Crippen LogP contribution is -2.24. The molecule has 4 rings (SSSR count). The van der Waals surface area contributed by atoms with E-state index in [1.165, 1.54) is 28.8 Å². The zero-order valence-electron chi connectivity index (χ0n) is 13.3. The molecule has 128 valence electrons. The second-order valence-corrected chi connectivity index (χ2v) is 7.21. The number of nitrogens with zero attached hydrogens (tertiary/aromatic N) is 5. The van der Waals surface area contributed by atoms with Crippen molar-refractivity contribution in [2.24, 2.45) is 0 Å². The summed E-state index contributed by atoms with van der Waals surface area (Å²) < 4.78 is 32.2. The van der Waals surface area contributed by atoms with E-state index in [0.717, 1.165) is 0 Å². The highest BCUT2D eigenvalue weighted by Gasteiger charge is 2.35. The van der Waals surface area contributed by atoms with E-state index in [-0.39, 0.29) is 29.1 Å². The molecule has 8 nitrogen and oxygen atoms in total. The Bertz CT molecular complexity index is 1120. The molecule has 0 aliphatic carbocycles. The summed E-state index contributed by atoms with van der Waals surface area (Å²) >= 11 is 0. The Kier molecular flexibility index (Phi) is 3.74. The predicted octanol–water partition coefficient (Wildman–Crippen LogP) is 2.92. The highest BCUT2D eigenvalue weighted by Crippen LogP contribution is 2.34. The van der Waals surface area contributed by atoms with Gasteiger partial charge < -0.3 is 9.58 Å². The fourth-order valence-corrected chi connectivity index (χ4v) is 4.18. The first-order chi connectivity index (χ1) is 12.6. The Morgan fingerprint density at radius 1 is 1.12 bits per heavy atom. The molecule has 0 amide bonds. The van der Waals surface area contributed by atoms with E-state index in [1.54, 1.807) is 30.3 Å². The third-order valence-electron chi connectivity index (χ3n) is 3.77. The summed E-state index contributed by atoms with van der Waals surface area (Å²) in [6.07, 6.45) is 2.81. The van der Waals surface area contributed by atoms with Gasteiger partial charge in [-0.3, -0.25) is 0 Å². The van der Waals surface area contributed by atoms with Crippen LogP contribution < -0.4 is 9.04 Å². The summed E-state index contributed by atoms with van der Waals surface area (Å²) in [6.45, 7) is 7.09. The van der Waals surface area contributed by atoms with Crippen molar-refractivity contribution < 1.29 is 13.2 Å². The molecule has 1 aliphatic rings. The van der Waals surface area contributed by atoms with E-state index in [4.69, 9.17) is 11.3 Å².